The summed E-state index contributed by atoms with van der Waals surface area (Å²) in [6, 6.07) is 0. The van der Waals surface area contributed by atoms with Crippen molar-refractivity contribution in [2.24, 2.45) is 44.8 Å². The van der Waals surface area contributed by atoms with Crippen LogP contribution in [-0.4, -0.2) is 109 Å². The summed E-state index contributed by atoms with van der Waals surface area (Å²) < 4.78 is 18.8. The Balaban J connectivity index is 1.15. The normalized spacial score (nSPS) is 59.3. The first-order valence-electron chi connectivity index (χ1n) is 17.9. The lowest BCUT2D eigenvalue weighted by atomic mass is 9.41. The molecule has 7 aliphatic rings. The molecule has 7 N–H and O–H groups in total. The van der Waals surface area contributed by atoms with Crippen molar-refractivity contribution in [2.75, 3.05) is 6.61 Å². The minimum atomic E-state index is -1.50. The lowest BCUT2D eigenvalue weighted by Crippen LogP contribution is -2.64. The molecule has 17 atom stereocenters. The van der Waals surface area contributed by atoms with Crippen LogP contribution in [0, 0.1) is 44.8 Å². The fourth-order valence-corrected chi connectivity index (χ4v) is 13.7. The minimum absolute atomic E-state index is 0.0295. The Hall–Kier alpha value is -0.400. The molecule has 2 aliphatic heterocycles. The van der Waals surface area contributed by atoms with Gasteiger partial charge in [-0.2, -0.15) is 0 Å². The first-order valence-corrected chi connectivity index (χ1v) is 17.9. The quantitative estimate of drug-likeness (QED) is 0.219. The maximum Gasteiger partial charge on any atom is 0.186 e. The second kappa shape index (κ2) is 10.3. The Kier molecular flexibility index (Phi) is 7.65. The maximum absolute atomic E-state index is 12.2. The molecule has 5 saturated carbocycles. The SMILES string of the molecule is CC(C)(O)[C@@H]1CC[C@](C)([C@@H]2[C@H](O)C[C@@]3(C)[C@@H]4C[C@H](O)[C@@H]5C(C)(C)[C@H](O[C@@H]6O[C@H](CO)[C@@H](O)[C@H](O)[C@H]6O)CC[C@]56C[C@@]46CC[C@]23C)O1. The van der Waals surface area contributed by atoms with Crippen LogP contribution in [0.5, 0.6) is 0 Å². The molecule has 0 radical (unpaired) electrons. The molecule has 46 heavy (non-hydrogen) atoms. The molecule has 2 saturated heterocycles. The zero-order chi connectivity index (χ0) is 33.6. The highest BCUT2D eigenvalue weighted by Gasteiger charge is 2.85. The van der Waals surface area contributed by atoms with Gasteiger partial charge in [0.05, 0.1) is 42.2 Å². The molecule has 264 valence electrons. The summed E-state index contributed by atoms with van der Waals surface area (Å²) in [5.74, 6) is 0.176. The van der Waals surface area contributed by atoms with E-state index in [2.05, 4.69) is 34.6 Å². The van der Waals surface area contributed by atoms with Crippen LogP contribution in [0.1, 0.15) is 106 Å². The van der Waals surface area contributed by atoms with Crippen LogP contribution in [0.15, 0.2) is 0 Å². The number of fused-ring (bicyclic) bond motifs is 2. The van der Waals surface area contributed by atoms with Crippen molar-refractivity contribution in [3.05, 3.63) is 0 Å². The average Bonchev–Trinajstić information content (AvgIpc) is 3.31. The Morgan fingerprint density at radius 2 is 1.48 bits per heavy atom. The van der Waals surface area contributed by atoms with Gasteiger partial charge in [0, 0.05) is 5.92 Å². The minimum Gasteiger partial charge on any atom is -0.394 e. The van der Waals surface area contributed by atoms with Crippen molar-refractivity contribution in [1.82, 2.24) is 0 Å². The van der Waals surface area contributed by atoms with Gasteiger partial charge in [-0.3, -0.25) is 0 Å². The van der Waals surface area contributed by atoms with Gasteiger partial charge in [0.25, 0.3) is 0 Å². The van der Waals surface area contributed by atoms with Crippen LogP contribution in [0.25, 0.3) is 0 Å². The standard InChI is InChI=1S/C36H60O10/c1-30(2)22(45-29-26(42)25(41)24(40)20(16-37)44-29)9-11-36-17-35(36)13-12-32(5)28(34(7)10-8-23(46-34)31(3,4)43)19(39)15-33(32,6)21(35)14-18(38)27(30)36/h18-29,37-43H,8-17H2,1-7H3/t18-,19+,20+,21-,22+,23-,24+,25-,26+,27+,28+,29-,32+,33-,34+,35-,36-/m0/s1. The number of aliphatic hydroxyl groups is 7. The fourth-order valence-electron chi connectivity index (χ4n) is 13.7. The Bertz CT molecular complexity index is 1200. The fraction of sp³-hybridized carbons (Fsp3) is 1.00. The largest absolute Gasteiger partial charge is 0.394 e. The molecular formula is C36H60O10. The van der Waals surface area contributed by atoms with Crippen LogP contribution in [0.3, 0.4) is 0 Å². The Labute approximate surface area is 273 Å². The van der Waals surface area contributed by atoms with Gasteiger partial charge in [-0.05, 0) is 117 Å². The molecule has 7 fully saturated rings. The molecule has 0 unspecified atom stereocenters. The van der Waals surface area contributed by atoms with E-state index in [1.54, 1.807) is 0 Å². The number of aliphatic hydroxyl groups excluding tert-OH is 6. The van der Waals surface area contributed by atoms with Crippen molar-refractivity contribution in [1.29, 1.82) is 0 Å². The lowest BCUT2D eigenvalue weighted by Gasteiger charge is -2.64. The molecule has 0 aromatic rings. The first kappa shape index (κ1) is 34.1. The second-order valence-corrected chi connectivity index (χ2v) is 18.7. The summed E-state index contributed by atoms with van der Waals surface area (Å²) in [4.78, 5) is 0. The van der Waals surface area contributed by atoms with E-state index in [-0.39, 0.29) is 51.6 Å². The third-order valence-electron chi connectivity index (χ3n) is 15.9. The second-order valence-electron chi connectivity index (χ2n) is 18.7. The van der Waals surface area contributed by atoms with E-state index in [9.17, 15) is 35.7 Å². The Morgan fingerprint density at radius 3 is 2.11 bits per heavy atom. The van der Waals surface area contributed by atoms with Gasteiger partial charge in [0.1, 0.15) is 24.4 Å². The number of hydrogen-bond acceptors (Lipinski definition) is 10. The third kappa shape index (κ3) is 4.24. The molecule has 0 aromatic carbocycles. The van der Waals surface area contributed by atoms with Crippen LogP contribution in [0.4, 0.5) is 0 Å². The van der Waals surface area contributed by atoms with Crippen molar-refractivity contribution in [3.8, 4) is 0 Å². The molecule has 2 heterocycles. The molecular weight excluding hydrogens is 592 g/mol. The van der Waals surface area contributed by atoms with Crippen LogP contribution in [-0.2, 0) is 14.2 Å². The number of rotatable bonds is 5. The summed E-state index contributed by atoms with van der Waals surface area (Å²) in [5.41, 5.74) is -2.26. The lowest BCUT2D eigenvalue weighted by molar-refractivity contribution is -0.329. The highest BCUT2D eigenvalue weighted by molar-refractivity contribution is 5.33. The van der Waals surface area contributed by atoms with E-state index in [1.807, 2.05) is 13.8 Å². The predicted octanol–water partition coefficient (Wildman–Crippen LogP) is 2.26. The molecule has 10 nitrogen and oxygen atoms in total. The molecule has 5 aliphatic carbocycles. The molecule has 0 aromatic heterocycles. The van der Waals surface area contributed by atoms with Crippen LogP contribution in [0.2, 0.25) is 0 Å². The van der Waals surface area contributed by atoms with Crippen LogP contribution < -0.4 is 0 Å². The van der Waals surface area contributed by atoms with Gasteiger partial charge >= 0.3 is 0 Å². The molecule has 0 amide bonds. The predicted molar refractivity (Wildman–Crippen MR) is 167 cm³/mol. The summed E-state index contributed by atoms with van der Waals surface area (Å²) >= 11 is 0. The average molecular weight is 653 g/mol. The van der Waals surface area contributed by atoms with Crippen molar-refractivity contribution < 1.29 is 50.0 Å². The van der Waals surface area contributed by atoms with E-state index in [1.165, 1.54) is 0 Å². The van der Waals surface area contributed by atoms with Gasteiger partial charge in [-0.25, -0.2) is 0 Å². The Morgan fingerprint density at radius 1 is 0.783 bits per heavy atom. The van der Waals surface area contributed by atoms with Gasteiger partial charge < -0.3 is 50.0 Å². The summed E-state index contributed by atoms with van der Waals surface area (Å²) in [6.07, 6.45) is -0.708. The van der Waals surface area contributed by atoms with Gasteiger partial charge in [0.2, 0.25) is 0 Å². The van der Waals surface area contributed by atoms with Crippen molar-refractivity contribution in [2.45, 2.75) is 173 Å². The monoisotopic (exact) mass is 652 g/mol. The molecule has 0 bridgehead atoms. The smallest absolute Gasteiger partial charge is 0.186 e. The van der Waals surface area contributed by atoms with Crippen LogP contribution >= 0.6 is 0 Å². The number of hydrogen-bond donors (Lipinski definition) is 7. The molecule has 2 spiro atoms. The third-order valence-corrected chi connectivity index (χ3v) is 15.9. The zero-order valence-corrected chi connectivity index (χ0v) is 28.9. The summed E-state index contributed by atoms with van der Waals surface area (Å²) in [7, 11) is 0. The van der Waals surface area contributed by atoms with E-state index >= 15 is 0 Å². The zero-order valence-electron chi connectivity index (χ0n) is 28.9. The first-order chi connectivity index (χ1) is 21.2. The van der Waals surface area contributed by atoms with Gasteiger partial charge in [0.15, 0.2) is 6.29 Å². The summed E-state index contributed by atoms with van der Waals surface area (Å²) in [5, 5.41) is 75.9. The number of ether oxygens (including phenoxy) is 3. The molecule has 7 rings (SSSR count). The van der Waals surface area contributed by atoms with E-state index in [4.69, 9.17) is 14.2 Å². The topological polar surface area (TPSA) is 169 Å². The molecule has 10 heteroatoms. The highest BCUT2D eigenvalue weighted by atomic mass is 16.7. The van der Waals surface area contributed by atoms with Gasteiger partial charge in [-0.1, -0.05) is 27.7 Å². The van der Waals surface area contributed by atoms with Crippen molar-refractivity contribution >= 4 is 0 Å². The van der Waals surface area contributed by atoms with E-state index < -0.39 is 66.1 Å². The van der Waals surface area contributed by atoms with E-state index in [0.29, 0.717) is 19.3 Å². The summed E-state index contributed by atoms with van der Waals surface area (Å²) in [6.45, 7) is 14.3. The van der Waals surface area contributed by atoms with E-state index in [0.717, 1.165) is 38.5 Å². The van der Waals surface area contributed by atoms with Crippen molar-refractivity contribution in [3.63, 3.8) is 0 Å². The van der Waals surface area contributed by atoms with Gasteiger partial charge in [-0.15, -0.1) is 0 Å². The highest BCUT2D eigenvalue weighted by Crippen LogP contribution is 2.89. The maximum atomic E-state index is 12.2.